The molecule has 1 rings (SSSR count). The first-order chi connectivity index (χ1) is 10.5. The van der Waals surface area contributed by atoms with Crippen molar-refractivity contribution in [3.8, 4) is 0 Å². The van der Waals surface area contributed by atoms with Crippen molar-refractivity contribution < 1.29 is 23.1 Å². The highest BCUT2D eigenvalue weighted by Gasteiger charge is 2.00. The van der Waals surface area contributed by atoms with Crippen LogP contribution in [0.5, 0.6) is 0 Å². The number of nitrogens with zero attached hydrogens (tertiary/aromatic N) is 2. The summed E-state index contributed by atoms with van der Waals surface area (Å²) in [6.45, 7) is 6.70. The third kappa shape index (κ3) is 11.0. The first kappa shape index (κ1) is 21.3. The van der Waals surface area contributed by atoms with Crippen molar-refractivity contribution in [1.82, 2.24) is 4.57 Å². The number of imidazole rings is 1. The Morgan fingerprint density at radius 3 is 2.14 bits per heavy atom. The number of unbranched alkanes of at least 4 members (excludes halogenated alkanes) is 5. The van der Waals surface area contributed by atoms with Crippen LogP contribution in [-0.2, 0) is 26.7 Å². The van der Waals surface area contributed by atoms with E-state index in [-0.39, 0.29) is 0 Å². The van der Waals surface area contributed by atoms with Crippen LogP contribution in [0.3, 0.4) is 0 Å². The number of hydrogen-bond acceptors (Lipinski definition) is 4. The summed E-state index contributed by atoms with van der Waals surface area (Å²) in [5.74, 6) is 0. The number of aryl methyl sites for hydroxylation is 2. The predicted molar refractivity (Wildman–Crippen MR) is 85.3 cm³/mol. The molecular formula is C15H31N2O4P. The Kier molecular flexibility index (Phi) is 12.4. The van der Waals surface area contributed by atoms with Gasteiger partial charge in [-0.2, -0.15) is 0 Å². The van der Waals surface area contributed by atoms with Crippen molar-refractivity contribution in [3.63, 3.8) is 0 Å². The molecule has 0 saturated carbocycles. The van der Waals surface area contributed by atoms with E-state index >= 15 is 0 Å². The van der Waals surface area contributed by atoms with E-state index in [0.717, 1.165) is 20.8 Å². The summed E-state index contributed by atoms with van der Waals surface area (Å²) in [6.07, 6.45) is 14.8. The second-order valence-corrected chi connectivity index (χ2v) is 6.69. The van der Waals surface area contributed by atoms with Crippen LogP contribution in [0.1, 0.15) is 52.4 Å². The minimum absolute atomic E-state index is 1.04. The molecule has 0 N–H and O–H groups in total. The van der Waals surface area contributed by atoms with Gasteiger partial charge in [0.2, 0.25) is 6.33 Å². The lowest BCUT2D eigenvalue weighted by atomic mass is 10.1. The minimum Gasteiger partial charge on any atom is -0.756 e. The lowest BCUT2D eigenvalue weighted by Crippen LogP contribution is -2.28. The Balaban J connectivity index is 0.000000534. The van der Waals surface area contributed by atoms with Gasteiger partial charge in [-0.15, -0.1) is 0 Å². The maximum atomic E-state index is 9.95. The zero-order valence-corrected chi connectivity index (χ0v) is 15.3. The standard InChI is InChI=1S/C13H25N2.C2H7O4P/c1-3-5-6-7-8-9-10-15-12-11-14(4-2)13-15;1-5-7(3,4)6-2/h11-13H,3-10H2,1-2H3;1-2H3,(H,3,4)/q+1;/p-1. The Morgan fingerprint density at radius 1 is 1.09 bits per heavy atom. The van der Waals surface area contributed by atoms with E-state index in [0.29, 0.717) is 0 Å². The minimum atomic E-state index is -3.90. The highest BCUT2D eigenvalue weighted by Crippen LogP contribution is 2.34. The van der Waals surface area contributed by atoms with E-state index in [4.69, 9.17) is 0 Å². The summed E-state index contributed by atoms with van der Waals surface area (Å²) in [7, 11) is -1.83. The van der Waals surface area contributed by atoms with Gasteiger partial charge in [0, 0.05) is 14.2 Å². The van der Waals surface area contributed by atoms with Crippen LogP contribution in [0.2, 0.25) is 0 Å². The van der Waals surface area contributed by atoms with E-state index in [1.54, 1.807) is 0 Å². The number of hydrogen-bond donors (Lipinski definition) is 0. The smallest absolute Gasteiger partial charge is 0.267 e. The van der Waals surface area contributed by atoms with Crippen molar-refractivity contribution in [1.29, 1.82) is 0 Å². The van der Waals surface area contributed by atoms with Crippen molar-refractivity contribution in [2.24, 2.45) is 0 Å². The van der Waals surface area contributed by atoms with Gasteiger partial charge in [0.1, 0.15) is 12.4 Å². The maximum Gasteiger partial charge on any atom is 0.267 e. The second kappa shape index (κ2) is 12.8. The van der Waals surface area contributed by atoms with Crippen LogP contribution in [-0.4, -0.2) is 18.8 Å². The molecule has 7 heteroatoms. The second-order valence-electron chi connectivity index (χ2n) is 5.06. The van der Waals surface area contributed by atoms with Gasteiger partial charge in [-0.1, -0.05) is 32.6 Å². The average molecular weight is 334 g/mol. The highest BCUT2D eigenvalue weighted by molar-refractivity contribution is 7.45. The molecule has 0 fully saturated rings. The summed E-state index contributed by atoms with van der Waals surface area (Å²) in [5, 5.41) is 0. The zero-order valence-electron chi connectivity index (χ0n) is 14.4. The molecule has 22 heavy (non-hydrogen) atoms. The molecule has 130 valence electrons. The third-order valence-electron chi connectivity index (χ3n) is 3.33. The molecule has 6 nitrogen and oxygen atoms in total. The molecular weight excluding hydrogens is 303 g/mol. The third-order valence-corrected chi connectivity index (χ3v) is 4.22. The Hall–Kier alpha value is -0.680. The highest BCUT2D eigenvalue weighted by atomic mass is 31.2. The number of phosphoric acid groups is 1. The average Bonchev–Trinajstić information content (AvgIpc) is 2.99. The van der Waals surface area contributed by atoms with Crippen LogP contribution in [0.25, 0.3) is 0 Å². The fourth-order valence-corrected chi connectivity index (χ4v) is 2.06. The van der Waals surface area contributed by atoms with Gasteiger partial charge in [-0.3, -0.25) is 4.57 Å². The molecule has 1 aromatic heterocycles. The predicted octanol–water partition coefficient (Wildman–Crippen LogP) is 2.90. The molecule has 0 aliphatic carbocycles. The largest absolute Gasteiger partial charge is 0.756 e. The van der Waals surface area contributed by atoms with Gasteiger partial charge in [-0.05, 0) is 19.8 Å². The molecule has 0 aromatic carbocycles. The van der Waals surface area contributed by atoms with Crippen molar-refractivity contribution in [2.75, 3.05) is 14.2 Å². The van der Waals surface area contributed by atoms with E-state index in [9.17, 15) is 9.46 Å². The normalized spacial score (nSPS) is 11.1. The molecule has 0 saturated heterocycles. The molecule has 0 aliphatic rings. The fourth-order valence-electron chi connectivity index (χ4n) is 1.91. The van der Waals surface area contributed by atoms with Crippen LogP contribution < -0.4 is 9.46 Å². The van der Waals surface area contributed by atoms with Gasteiger partial charge in [0.05, 0.1) is 13.1 Å². The molecule has 1 aromatic rings. The molecule has 1 heterocycles. The van der Waals surface area contributed by atoms with Gasteiger partial charge in [-0.25, -0.2) is 9.13 Å². The zero-order chi connectivity index (χ0) is 16.8. The first-order valence-corrected chi connectivity index (χ1v) is 9.42. The quantitative estimate of drug-likeness (QED) is 0.375. The number of aromatic nitrogens is 2. The maximum absolute atomic E-state index is 9.95. The van der Waals surface area contributed by atoms with Crippen LogP contribution >= 0.6 is 7.82 Å². The Morgan fingerprint density at radius 2 is 1.68 bits per heavy atom. The van der Waals surface area contributed by atoms with Crippen LogP contribution in [0, 0.1) is 0 Å². The SMILES string of the molecule is CCCCCCCCn1cc[n+](CC)c1.COP(=O)([O-])OC. The van der Waals surface area contributed by atoms with Gasteiger partial charge in [0.15, 0.2) is 0 Å². The summed E-state index contributed by atoms with van der Waals surface area (Å²) in [5.41, 5.74) is 0. The number of phosphoric ester groups is 1. The molecule has 0 aliphatic heterocycles. The Bertz CT molecular complexity index is 415. The van der Waals surface area contributed by atoms with E-state index in [2.05, 4.69) is 50.8 Å². The molecule has 0 radical (unpaired) electrons. The molecule has 0 spiro atoms. The summed E-state index contributed by atoms with van der Waals surface area (Å²) in [4.78, 5) is 9.95. The van der Waals surface area contributed by atoms with Crippen LogP contribution in [0.15, 0.2) is 18.7 Å². The summed E-state index contributed by atoms with van der Waals surface area (Å²) in [6, 6.07) is 0. The lowest BCUT2D eigenvalue weighted by Gasteiger charge is -2.16. The first-order valence-electron chi connectivity index (χ1n) is 7.96. The molecule has 0 bridgehead atoms. The van der Waals surface area contributed by atoms with Gasteiger partial charge >= 0.3 is 0 Å². The van der Waals surface area contributed by atoms with Gasteiger partial charge < -0.3 is 13.9 Å². The van der Waals surface area contributed by atoms with Crippen molar-refractivity contribution in [3.05, 3.63) is 18.7 Å². The van der Waals surface area contributed by atoms with E-state index in [1.807, 2.05) is 0 Å². The van der Waals surface area contributed by atoms with Crippen LogP contribution in [0.4, 0.5) is 0 Å². The number of rotatable bonds is 10. The fraction of sp³-hybridized carbons (Fsp3) is 0.800. The summed E-state index contributed by atoms with van der Waals surface area (Å²) < 4.78 is 22.2. The summed E-state index contributed by atoms with van der Waals surface area (Å²) >= 11 is 0. The molecule has 0 amide bonds. The Labute approximate surface area is 134 Å². The van der Waals surface area contributed by atoms with Gasteiger partial charge in [0.25, 0.3) is 7.82 Å². The lowest BCUT2D eigenvalue weighted by molar-refractivity contribution is -0.693. The van der Waals surface area contributed by atoms with E-state index in [1.165, 1.54) is 45.1 Å². The van der Waals surface area contributed by atoms with Crippen molar-refractivity contribution in [2.45, 2.75) is 65.5 Å². The topological polar surface area (TPSA) is 67.4 Å². The van der Waals surface area contributed by atoms with Crippen molar-refractivity contribution >= 4 is 7.82 Å². The molecule has 0 unspecified atom stereocenters. The molecule has 0 atom stereocenters. The van der Waals surface area contributed by atoms with E-state index < -0.39 is 7.82 Å². The monoisotopic (exact) mass is 334 g/mol.